The van der Waals surface area contributed by atoms with Crippen LogP contribution in [0.15, 0.2) is 17.1 Å². The standard InChI is InChI=1S/C17H25NO4/c1-10-7-11(2)15-14-12(5-6-18(21-4)16(14)20)22-13(9-19)17(15,3)8-10/h5-6,10-11,13,15,19H,7-9H2,1-4H3/t10-,11+,13+,15+,17+/m1/s1. The predicted molar refractivity (Wildman–Crippen MR) is 83.1 cm³/mol. The summed E-state index contributed by atoms with van der Waals surface area (Å²) in [6.45, 7) is 6.56. The highest BCUT2D eigenvalue weighted by atomic mass is 16.6. The second kappa shape index (κ2) is 5.30. The second-order valence-corrected chi connectivity index (χ2v) is 7.20. The summed E-state index contributed by atoms with van der Waals surface area (Å²) >= 11 is 0. The van der Waals surface area contributed by atoms with Gasteiger partial charge in [-0.3, -0.25) is 4.79 Å². The molecule has 5 nitrogen and oxygen atoms in total. The quantitative estimate of drug-likeness (QED) is 0.905. The Morgan fingerprint density at radius 1 is 1.50 bits per heavy atom. The SMILES string of the molecule is COn1ccc2c(c1=O)[C@@H]1[C@@H](C)C[C@@H](C)C[C@@]1(C)[C@H](CO)O2. The Morgan fingerprint density at radius 3 is 2.86 bits per heavy atom. The van der Waals surface area contributed by atoms with E-state index in [1.807, 2.05) is 0 Å². The molecule has 0 amide bonds. The lowest BCUT2D eigenvalue weighted by molar-refractivity contribution is -0.0683. The minimum Gasteiger partial charge on any atom is -0.487 e. The van der Waals surface area contributed by atoms with E-state index < -0.39 is 0 Å². The van der Waals surface area contributed by atoms with Gasteiger partial charge in [0.25, 0.3) is 5.56 Å². The van der Waals surface area contributed by atoms with Crippen molar-refractivity contribution in [2.75, 3.05) is 13.7 Å². The summed E-state index contributed by atoms with van der Waals surface area (Å²) in [5.74, 6) is 1.61. The van der Waals surface area contributed by atoms with Crippen molar-refractivity contribution in [1.29, 1.82) is 0 Å². The zero-order valence-electron chi connectivity index (χ0n) is 13.7. The average Bonchev–Trinajstić information content (AvgIpc) is 2.46. The van der Waals surface area contributed by atoms with Crippen LogP contribution in [0.5, 0.6) is 5.75 Å². The summed E-state index contributed by atoms with van der Waals surface area (Å²) in [5, 5.41) is 9.83. The normalized spacial score (nSPS) is 37.0. The van der Waals surface area contributed by atoms with Gasteiger partial charge in [-0.2, -0.15) is 4.73 Å². The maximum Gasteiger partial charge on any atom is 0.290 e. The number of fused-ring (bicyclic) bond motifs is 3. The van der Waals surface area contributed by atoms with Gasteiger partial charge in [-0.1, -0.05) is 20.8 Å². The number of ether oxygens (including phenoxy) is 1. The van der Waals surface area contributed by atoms with Gasteiger partial charge in [-0.25, -0.2) is 0 Å². The molecule has 0 saturated heterocycles. The molecule has 1 aliphatic heterocycles. The Balaban J connectivity index is 2.21. The first-order chi connectivity index (χ1) is 10.4. The first kappa shape index (κ1) is 15.4. The van der Waals surface area contributed by atoms with Crippen molar-refractivity contribution < 1.29 is 14.7 Å². The van der Waals surface area contributed by atoms with Crippen LogP contribution in [0.4, 0.5) is 0 Å². The molecule has 122 valence electrons. The molecular formula is C17H25NO4. The van der Waals surface area contributed by atoms with E-state index >= 15 is 0 Å². The zero-order valence-corrected chi connectivity index (χ0v) is 13.7. The Hall–Kier alpha value is -1.49. The van der Waals surface area contributed by atoms with Crippen molar-refractivity contribution in [1.82, 2.24) is 4.73 Å². The minimum absolute atomic E-state index is 0.0285. The van der Waals surface area contributed by atoms with Crippen molar-refractivity contribution >= 4 is 0 Å². The highest BCUT2D eigenvalue weighted by Crippen LogP contribution is 2.57. The smallest absolute Gasteiger partial charge is 0.290 e. The number of pyridine rings is 1. The number of rotatable bonds is 2. The molecule has 0 aromatic carbocycles. The molecule has 0 radical (unpaired) electrons. The molecule has 1 saturated carbocycles. The van der Waals surface area contributed by atoms with Gasteiger partial charge in [0, 0.05) is 17.4 Å². The van der Waals surface area contributed by atoms with E-state index in [4.69, 9.17) is 9.57 Å². The zero-order chi connectivity index (χ0) is 16.1. The molecule has 1 aromatic rings. The van der Waals surface area contributed by atoms with E-state index in [0.29, 0.717) is 23.1 Å². The van der Waals surface area contributed by atoms with Crippen LogP contribution >= 0.6 is 0 Å². The average molecular weight is 307 g/mol. The monoisotopic (exact) mass is 307 g/mol. The van der Waals surface area contributed by atoms with Gasteiger partial charge in [0.1, 0.15) is 19.0 Å². The molecular weight excluding hydrogens is 282 g/mol. The Kier molecular flexibility index (Phi) is 3.71. The number of aromatic nitrogens is 1. The lowest BCUT2D eigenvalue weighted by Gasteiger charge is -2.53. The maximum absolute atomic E-state index is 12.8. The van der Waals surface area contributed by atoms with Gasteiger partial charge in [0.2, 0.25) is 0 Å². The summed E-state index contributed by atoms with van der Waals surface area (Å²) in [4.78, 5) is 17.9. The van der Waals surface area contributed by atoms with E-state index in [1.165, 1.54) is 11.8 Å². The van der Waals surface area contributed by atoms with Crippen LogP contribution < -0.4 is 15.1 Å². The molecule has 3 rings (SSSR count). The molecule has 1 fully saturated rings. The van der Waals surface area contributed by atoms with Crippen molar-refractivity contribution in [2.24, 2.45) is 17.3 Å². The molecule has 1 aliphatic carbocycles. The van der Waals surface area contributed by atoms with Gasteiger partial charge in [-0.05, 0) is 24.7 Å². The van der Waals surface area contributed by atoms with Gasteiger partial charge >= 0.3 is 0 Å². The predicted octanol–water partition coefficient (Wildman–Crippen LogP) is 1.82. The summed E-state index contributed by atoms with van der Waals surface area (Å²) in [5.41, 5.74) is 0.329. The molecule has 2 aliphatic rings. The first-order valence-corrected chi connectivity index (χ1v) is 8.00. The fourth-order valence-electron chi connectivity index (χ4n) is 4.91. The molecule has 0 unspecified atom stereocenters. The van der Waals surface area contributed by atoms with Crippen LogP contribution in [0.1, 0.15) is 45.1 Å². The third-order valence-electron chi connectivity index (χ3n) is 5.58. The summed E-state index contributed by atoms with van der Waals surface area (Å²) in [7, 11) is 1.49. The molecule has 1 N–H and O–H groups in total. The van der Waals surface area contributed by atoms with Crippen LogP contribution in [0, 0.1) is 17.3 Å². The molecule has 2 heterocycles. The van der Waals surface area contributed by atoms with E-state index in [1.54, 1.807) is 12.3 Å². The van der Waals surface area contributed by atoms with Crippen molar-refractivity contribution in [3.05, 3.63) is 28.2 Å². The van der Waals surface area contributed by atoms with E-state index in [2.05, 4.69) is 20.8 Å². The maximum atomic E-state index is 12.8. The van der Waals surface area contributed by atoms with Gasteiger partial charge in [0.05, 0.1) is 18.4 Å². The largest absolute Gasteiger partial charge is 0.487 e. The number of hydrogen-bond acceptors (Lipinski definition) is 4. The number of aliphatic hydroxyl groups excluding tert-OH is 1. The summed E-state index contributed by atoms with van der Waals surface area (Å²) < 4.78 is 7.27. The van der Waals surface area contributed by atoms with Crippen molar-refractivity contribution in [3.8, 4) is 5.75 Å². The molecule has 5 atom stereocenters. The van der Waals surface area contributed by atoms with Crippen LogP contribution in [0.3, 0.4) is 0 Å². The molecule has 0 bridgehead atoms. The van der Waals surface area contributed by atoms with E-state index in [9.17, 15) is 9.90 Å². The van der Waals surface area contributed by atoms with Crippen LogP contribution in [-0.4, -0.2) is 29.7 Å². The molecule has 0 spiro atoms. The fraction of sp³-hybridized carbons (Fsp3) is 0.706. The van der Waals surface area contributed by atoms with Crippen LogP contribution in [-0.2, 0) is 0 Å². The minimum atomic E-state index is -0.270. The van der Waals surface area contributed by atoms with Crippen molar-refractivity contribution in [2.45, 2.75) is 45.6 Å². The van der Waals surface area contributed by atoms with Crippen molar-refractivity contribution in [3.63, 3.8) is 0 Å². The lowest BCUT2D eigenvalue weighted by atomic mass is 9.55. The highest BCUT2D eigenvalue weighted by molar-refractivity contribution is 5.39. The highest BCUT2D eigenvalue weighted by Gasteiger charge is 2.54. The topological polar surface area (TPSA) is 60.7 Å². The Morgan fingerprint density at radius 2 is 2.23 bits per heavy atom. The first-order valence-electron chi connectivity index (χ1n) is 8.00. The molecule has 22 heavy (non-hydrogen) atoms. The van der Waals surface area contributed by atoms with Crippen LogP contribution in [0.25, 0.3) is 0 Å². The van der Waals surface area contributed by atoms with Gasteiger partial charge in [-0.15, -0.1) is 0 Å². The summed E-state index contributed by atoms with van der Waals surface area (Å²) in [6, 6.07) is 1.77. The fourth-order valence-corrected chi connectivity index (χ4v) is 4.91. The Bertz CT molecular complexity index is 626. The number of hydrogen-bond donors (Lipinski definition) is 1. The van der Waals surface area contributed by atoms with Crippen LogP contribution in [0.2, 0.25) is 0 Å². The lowest BCUT2D eigenvalue weighted by Crippen LogP contribution is -2.54. The number of aliphatic hydroxyl groups is 1. The summed E-state index contributed by atoms with van der Waals surface area (Å²) in [6.07, 6.45) is 3.34. The number of nitrogens with zero attached hydrogens (tertiary/aromatic N) is 1. The third-order valence-corrected chi connectivity index (χ3v) is 5.58. The molecule has 1 aromatic heterocycles. The van der Waals surface area contributed by atoms with Gasteiger partial charge in [0.15, 0.2) is 0 Å². The van der Waals surface area contributed by atoms with Gasteiger partial charge < -0.3 is 14.7 Å². The molecule has 5 heteroatoms. The van der Waals surface area contributed by atoms with E-state index in [-0.39, 0.29) is 29.6 Å². The van der Waals surface area contributed by atoms with E-state index in [0.717, 1.165) is 12.8 Å². The second-order valence-electron chi connectivity index (χ2n) is 7.20. The third kappa shape index (κ3) is 2.06. The Labute approximate surface area is 130 Å².